The van der Waals surface area contributed by atoms with Crippen molar-refractivity contribution in [3.8, 4) is 5.69 Å². The van der Waals surface area contributed by atoms with Crippen molar-refractivity contribution in [1.82, 2.24) is 20.0 Å². The second-order valence-corrected chi connectivity index (χ2v) is 5.17. The molecule has 2 rings (SSSR count). The summed E-state index contributed by atoms with van der Waals surface area (Å²) in [4.78, 5) is 25.5. The molecule has 0 aliphatic heterocycles. The zero-order valence-corrected chi connectivity index (χ0v) is 13.5. The summed E-state index contributed by atoms with van der Waals surface area (Å²) in [6.07, 6.45) is 3.76. The molecule has 1 heterocycles. The van der Waals surface area contributed by atoms with E-state index in [9.17, 15) is 9.59 Å². The smallest absolute Gasteiger partial charge is 0.239 e. The minimum atomic E-state index is -0.136. The highest BCUT2D eigenvalue weighted by Gasteiger charge is 2.16. The molecule has 1 N–H and O–H groups in total. The summed E-state index contributed by atoms with van der Waals surface area (Å²) in [5.41, 5.74) is 1.77. The van der Waals surface area contributed by atoms with Gasteiger partial charge >= 0.3 is 0 Å². The first-order chi connectivity index (χ1) is 11.1. The lowest BCUT2D eigenvalue weighted by atomic mass is 10.2. The Bertz CT molecular complexity index is 652. The maximum atomic E-state index is 12.3. The lowest BCUT2D eigenvalue weighted by Crippen LogP contribution is -2.41. The zero-order chi connectivity index (χ0) is 16.7. The molecule has 1 aromatic heterocycles. The first-order valence-corrected chi connectivity index (χ1v) is 7.77. The molecule has 6 nitrogen and oxygen atoms in total. The molecule has 1 aromatic carbocycles. The number of nitrogens with one attached hydrogen (secondary N) is 1. The molecule has 0 radical (unpaired) electrons. The van der Waals surface area contributed by atoms with Crippen LogP contribution in [0.4, 0.5) is 0 Å². The minimum Gasteiger partial charge on any atom is -0.355 e. The van der Waals surface area contributed by atoms with Crippen LogP contribution in [-0.2, 0) is 16.0 Å². The normalized spacial score (nSPS) is 10.3. The molecule has 2 amide bonds. The number of para-hydroxylation sites is 1. The summed E-state index contributed by atoms with van der Waals surface area (Å²) >= 11 is 0. The van der Waals surface area contributed by atoms with Crippen LogP contribution in [0.15, 0.2) is 42.7 Å². The number of carbonyl (C=O) groups is 2. The largest absolute Gasteiger partial charge is 0.355 e. The molecule has 0 saturated heterocycles. The van der Waals surface area contributed by atoms with E-state index >= 15 is 0 Å². The van der Waals surface area contributed by atoms with Gasteiger partial charge in [-0.25, -0.2) is 4.68 Å². The van der Waals surface area contributed by atoms with E-state index in [-0.39, 0.29) is 24.8 Å². The van der Waals surface area contributed by atoms with Crippen LogP contribution in [0, 0.1) is 0 Å². The summed E-state index contributed by atoms with van der Waals surface area (Å²) in [6, 6.07) is 9.72. The van der Waals surface area contributed by atoms with Gasteiger partial charge in [-0.2, -0.15) is 5.10 Å². The number of likely N-dealkylation sites (N-methyl/N-ethyl adjacent to an activating group) is 2. The Morgan fingerprint density at radius 1 is 1.22 bits per heavy atom. The van der Waals surface area contributed by atoms with Crippen LogP contribution in [0.1, 0.15) is 19.4 Å². The van der Waals surface area contributed by atoms with Crippen LogP contribution in [0.25, 0.3) is 5.69 Å². The van der Waals surface area contributed by atoms with E-state index in [0.717, 1.165) is 11.3 Å². The van der Waals surface area contributed by atoms with Gasteiger partial charge in [0.15, 0.2) is 0 Å². The van der Waals surface area contributed by atoms with Gasteiger partial charge in [0.1, 0.15) is 0 Å². The van der Waals surface area contributed by atoms with Gasteiger partial charge in [0.2, 0.25) is 11.8 Å². The van der Waals surface area contributed by atoms with Crippen LogP contribution in [0.2, 0.25) is 0 Å². The summed E-state index contributed by atoms with van der Waals surface area (Å²) in [6.45, 7) is 4.88. The van der Waals surface area contributed by atoms with E-state index in [4.69, 9.17) is 0 Å². The van der Waals surface area contributed by atoms with Crippen molar-refractivity contribution < 1.29 is 9.59 Å². The monoisotopic (exact) mass is 314 g/mol. The molecule has 2 aromatic rings. The quantitative estimate of drug-likeness (QED) is 0.840. The van der Waals surface area contributed by atoms with E-state index < -0.39 is 0 Å². The van der Waals surface area contributed by atoms with Gasteiger partial charge in [-0.15, -0.1) is 0 Å². The molecule has 122 valence electrons. The molecule has 0 fully saturated rings. The maximum absolute atomic E-state index is 12.3. The Labute approximate surface area is 136 Å². The molecule has 0 spiro atoms. The molecule has 0 saturated carbocycles. The highest BCUT2D eigenvalue weighted by Crippen LogP contribution is 2.09. The predicted octanol–water partition coefficient (Wildman–Crippen LogP) is 1.40. The predicted molar refractivity (Wildman–Crippen MR) is 88.2 cm³/mol. The van der Waals surface area contributed by atoms with Crippen molar-refractivity contribution in [1.29, 1.82) is 0 Å². The van der Waals surface area contributed by atoms with Crippen molar-refractivity contribution in [3.05, 3.63) is 48.3 Å². The Kier molecular flexibility index (Phi) is 5.91. The van der Waals surface area contributed by atoms with Gasteiger partial charge in [-0.1, -0.05) is 18.2 Å². The SMILES string of the molecule is CCNC(=O)CN(CC)C(=O)Cc1cnn(-c2ccccc2)c1. The van der Waals surface area contributed by atoms with Crippen LogP contribution in [0.5, 0.6) is 0 Å². The molecule has 0 atom stereocenters. The van der Waals surface area contributed by atoms with Crippen LogP contribution in [-0.4, -0.2) is 46.1 Å². The summed E-state index contributed by atoms with van der Waals surface area (Å²) in [7, 11) is 0. The molecular weight excluding hydrogens is 292 g/mol. The number of benzene rings is 1. The van der Waals surface area contributed by atoms with Gasteiger partial charge in [0.05, 0.1) is 24.8 Å². The number of hydrogen-bond donors (Lipinski definition) is 1. The summed E-state index contributed by atoms with van der Waals surface area (Å²) in [5, 5.41) is 6.99. The topological polar surface area (TPSA) is 67.2 Å². The Morgan fingerprint density at radius 2 is 1.96 bits per heavy atom. The van der Waals surface area contributed by atoms with Crippen molar-refractivity contribution in [2.45, 2.75) is 20.3 Å². The second-order valence-electron chi connectivity index (χ2n) is 5.17. The summed E-state index contributed by atoms with van der Waals surface area (Å²) < 4.78 is 1.74. The molecule has 0 aliphatic carbocycles. The Balaban J connectivity index is 1.99. The van der Waals surface area contributed by atoms with Crippen molar-refractivity contribution in [2.75, 3.05) is 19.6 Å². The van der Waals surface area contributed by atoms with E-state index in [1.165, 1.54) is 0 Å². The van der Waals surface area contributed by atoms with Crippen LogP contribution >= 0.6 is 0 Å². The maximum Gasteiger partial charge on any atom is 0.239 e. The number of amides is 2. The van der Waals surface area contributed by atoms with E-state index in [1.54, 1.807) is 15.8 Å². The van der Waals surface area contributed by atoms with E-state index in [2.05, 4.69) is 10.4 Å². The third-order valence-electron chi connectivity index (χ3n) is 3.45. The van der Waals surface area contributed by atoms with Gasteiger partial charge in [0, 0.05) is 19.3 Å². The molecule has 0 unspecified atom stereocenters. The lowest BCUT2D eigenvalue weighted by Gasteiger charge is -2.19. The standard InChI is InChI=1S/C17H22N4O2/c1-3-18-16(22)13-20(4-2)17(23)10-14-11-19-21(12-14)15-8-6-5-7-9-15/h5-9,11-12H,3-4,10,13H2,1-2H3,(H,18,22). The Hall–Kier alpha value is -2.63. The lowest BCUT2D eigenvalue weighted by molar-refractivity contribution is -0.135. The molecular formula is C17H22N4O2. The fraction of sp³-hybridized carbons (Fsp3) is 0.353. The molecule has 0 aliphatic rings. The number of carbonyl (C=O) groups excluding carboxylic acids is 2. The van der Waals surface area contributed by atoms with Gasteiger partial charge < -0.3 is 10.2 Å². The highest BCUT2D eigenvalue weighted by molar-refractivity contribution is 5.85. The third kappa shape index (κ3) is 4.67. The average molecular weight is 314 g/mol. The zero-order valence-electron chi connectivity index (χ0n) is 13.5. The fourth-order valence-corrected chi connectivity index (χ4v) is 2.26. The number of hydrogen-bond acceptors (Lipinski definition) is 3. The van der Waals surface area contributed by atoms with E-state index in [1.807, 2.05) is 50.4 Å². The van der Waals surface area contributed by atoms with Crippen LogP contribution in [0.3, 0.4) is 0 Å². The minimum absolute atomic E-state index is 0.0774. The van der Waals surface area contributed by atoms with Crippen molar-refractivity contribution in [2.24, 2.45) is 0 Å². The van der Waals surface area contributed by atoms with Crippen LogP contribution < -0.4 is 5.32 Å². The number of aromatic nitrogens is 2. The number of rotatable bonds is 7. The van der Waals surface area contributed by atoms with Crippen molar-refractivity contribution in [3.63, 3.8) is 0 Å². The third-order valence-corrected chi connectivity index (χ3v) is 3.45. The first-order valence-electron chi connectivity index (χ1n) is 7.77. The number of nitrogens with zero attached hydrogens (tertiary/aromatic N) is 3. The van der Waals surface area contributed by atoms with Gasteiger partial charge in [0.25, 0.3) is 0 Å². The van der Waals surface area contributed by atoms with Crippen molar-refractivity contribution >= 4 is 11.8 Å². The fourth-order valence-electron chi connectivity index (χ4n) is 2.26. The van der Waals surface area contributed by atoms with Gasteiger partial charge in [-0.3, -0.25) is 9.59 Å². The second kappa shape index (κ2) is 8.12. The Morgan fingerprint density at radius 3 is 2.61 bits per heavy atom. The van der Waals surface area contributed by atoms with E-state index in [0.29, 0.717) is 13.1 Å². The first kappa shape index (κ1) is 16.7. The highest BCUT2D eigenvalue weighted by atomic mass is 16.2. The average Bonchev–Trinajstić information content (AvgIpc) is 3.02. The molecule has 23 heavy (non-hydrogen) atoms. The van der Waals surface area contributed by atoms with Gasteiger partial charge in [-0.05, 0) is 31.5 Å². The molecule has 0 bridgehead atoms. The summed E-state index contributed by atoms with van der Waals surface area (Å²) in [5.74, 6) is -0.214. The molecule has 6 heteroatoms.